The molecule has 0 saturated heterocycles. The van der Waals surface area contributed by atoms with Crippen molar-refractivity contribution >= 4 is 0 Å². The molecule has 0 spiro atoms. The molecule has 0 radical (unpaired) electrons. The standard InChI is InChI=1S/C21H27NO3/c1-23-18-9-6-16(7-10-18)5-4-13-22-14-12-19-17(15-22)8-11-20(24-2)21(19)25-3/h6-11H,4-5,12-15H2,1-3H3. The van der Waals surface area contributed by atoms with Gasteiger partial charge in [0.15, 0.2) is 11.5 Å². The van der Waals surface area contributed by atoms with Crippen molar-refractivity contribution < 1.29 is 14.2 Å². The highest BCUT2D eigenvalue weighted by atomic mass is 16.5. The minimum atomic E-state index is 0.828. The highest BCUT2D eigenvalue weighted by Crippen LogP contribution is 2.36. The van der Waals surface area contributed by atoms with Crippen LogP contribution in [0.3, 0.4) is 0 Å². The van der Waals surface area contributed by atoms with Crippen molar-refractivity contribution in [2.75, 3.05) is 34.4 Å². The lowest BCUT2D eigenvalue weighted by molar-refractivity contribution is 0.247. The third-order valence-corrected chi connectivity index (χ3v) is 4.92. The molecular formula is C21H27NO3. The second-order valence-corrected chi connectivity index (χ2v) is 6.42. The second kappa shape index (κ2) is 8.26. The molecule has 0 saturated carbocycles. The Morgan fingerprint density at radius 3 is 2.40 bits per heavy atom. The average Bonchev–Trinajstić information content (AvgIpc) is 2.67. The summed E-state index contributed by atoms with van der Waals surface area (Å²) in [5, 5.41) is 0. The van der Waals surface area contributed by atoms with Crippen LogP contribution < -0.4 is 14.2 Å². The number of benzene rings is 2. The van der Waals surface area contributed by atoms with Gasteiger partial charge in [-0.15, -0.1) is 0 Å². The van der Waals surface area contributed by atoms with Gasteiger partial charge in [-0.25, -0.2) is 0 Å². The third kappa shape index (κ3) is 4.07. The molecule has 0 fully saturated rings. The number of hydrogen-bond acceptors (Lipinski definition) is 4. The molecule has 0 amide bonds. The molecule has 0 aliphatic carbocycles. The summed E-state index contributed by atoms with van der Waals surface area (Å²) in [5.74, 6) is 2.65. The molecule has 0 bridgehead atoms. The second-order valence-electron chi connectivity index (χ2n) is 6.42. The summed E-state index contributed by atoms with van der Waals surface area (Å²) in [6.45, 7) is 3.16. The van der Waals surface area contributed by atoms with Gasteiger partial charge in [0.05, 0.1) is 21.3 Å². The van der Waals surface area contributed by atoms with Crippen LogP contribution in [0, 0.1) is 0 Å². The third-order valence-electron chi connectivity index (χ3n) is 4.92. The molecule has 0 unspecified atom stereocenters. The highest BCUT2D eigenvalue weighted by Gasteiger charge is 2.21. The van der Waals surface area contributed by atoms with Gasteiger partial charge in [-0.2, -0.15) is 0 Å². The molecule has 3 rings (SSSR count). The SMILES string of the molecule is COc1ccc(CCCN2CCc3c(ccc(OC)c3OC)C2)cc1. The highest BCUT2D eigenvalue weighted by molar-refractivity contribution is 5.51. The average molecular weight is 341 g/mol. The number of fused-ring (bicyclic) bond motifs is 1. The predicted octanol–water partition coefficient (Wildman–Crippen LogP) is 3.70. The van der Waals surface area contributed by atoms with E-state index in [0.29, 0.717) is 0 Å². The minimum absolute atomic E-state index is 0.828. The molecule has 1 aliphatic rings. The number of nitrogens with zero attached hydrogens (tertiary/aromatic N) is 1. The van der Waals surface area contributed by atoms with Gasteiger partial charge in [-0.1, -0.05) is 18.2 Å². The maximum atomic E-state index is 5.57. The maximum Gasteiger partial charge on any atom is 0.164 e. The molecule has 0 N–H and O–H groups in total. The summed E-state index contributed by atoms with van der Waals surface area (Å²) < 4.78 is 16.2. The Morgan fingerprint density at radius 1 is 0.920 bits per heavy atom. The maximum absolute atomic E-state index is 5.57. The van der Waals surface area contributed by atoms with Gasteiger partial charge in [0.1, 0.15) is 5.75 Å². The van der Waals surface area contributed by atoms with E-state index in [9.17, 15) is 0 Å². The van der Waals surface area contributed by atoms with E-state index in [1.807, 2.05) is 18.2 Å². The van der Waals surface area contributed by atoms with Crippen LogP contribution in [0.4, 0.5) is 0 Å². The molecule has 25 heavy (non-hydrogen) atoms. The topological polar surface area (TPSA) is 30.9 Å². The van der Waals surface area contributed by atoms with Gasteiger partial charge in [-0.3, -0.25) is 4.90 Å². The Morgan fingerprint density at radius 2 is 1.72 bits per heavy atom. The van der Waals surface area contributed by atoms with Crippen molar-refractivity contribution in [1.82, 2.24) is 4.90 Å². The number of hydrogen-bond donors (Lipinski definition) is 0. The van der Waals surface area contributed by atoms with E-state index in [0.717, 1.165) is 56.1 Å². The number of aryl methyl sites for hydroxylation is 1. The summed E-state index contributed by atoms with van der Waals surface area (Å²) in [6.07, 6.45) is 3.27. The van der Waals surface area contributed by atoms with E-state index < -0.39 is 0 Å². The fraction of sp³-hybridized carbons (Fsp3) is 0.429. The largest absolute Gasteiger partial charge is 0.497 e. The molecule has 0 aromatic heterocycles. The fourth-order valence-electron chi connectivity index (χ4n) is 3.53. The predicted molar refractivity (Wildman–Crippen MR) is 99.8 cm³/mol. The van der Waals surface area contributed by atoms with Crippen LogP contribution >= 0.6 is 0 Å². The minimum Gasteiger partial charge on any atom is -0.497 e. The quantitative estimate of drug-likeness (QED) is 0.768. The Bertz CT molecular complexity index is 697. The lowest BCUT2D eigenvalue weighted by atomic mass is 9.97. The molecule has 134 valence electrons. The van der Waals surface area contributed by atoms with E-state index in [4.69, 9.17) is 14.2 Å². The Balaban J connectivity index is 1.56. The van der Waals surface area contributed by atoms with Gasteiger partial charge in [0.25, 0.3) is 0 Å². The van der Waals surface area contributed by atoms with Gasteiger partial charge in [0.2, 0.25) is 0 Å². The monoisotopic (exact) mass is 341 g/mol. The summed E-state index contributed by atoms with van der Waals surface area (Å²) in [7, 11) is 5.12. The number of methoxy groups -OCH3 is 3. The van der Waals surface area contributed by atoms with E-state index in [1.54, 1.807) is 21.3 Å². The molecule has 2 aromatic rings. The van der Waals surface area contributed by atoms with E-state index >= 15 is 0 Å². The molecular weight excluding hydrogens is 314 g/mol. The van der Waals surface area contributed by atoms with Crippen molar-refractivity contribution in [3.05, 3.63) is 53.1 Å². The zero-order chi connectivity index (χ0) is 17.6. The van der Waals surface area contributed by atoms with E-state index in [-0.39, 0.29) is 0 Å². The van der Waals surface area contributed by atoms with Gasteiger partial charge >= 0.3 is 0 Å². The molecule has 1 heterocycles. The normalized spacial score (nSPS) is 14.0. The van der Waals surface area contributed by atoms with Gasteiger partial charge in [0, 0.05) is 18.7 Å². The van der Waals surface area contributed by atoms with Crippen LogP contribution in [0.5, 0.6) is 17.2 Å². The Hall–Kier alpha value is -2.20. The summed E-state index contributed by atoms with van der Waals surface area (Å²) in [5.41, 5.74) is 4.02. The van der Waals surface area contributed by atoms with E-state index in [1.165, 1.54) is 16.7 Å². The lowest BCUT2D eigenvalue weighted by Gasteiger charge is -2.30. The first-order chi connectivity index (χ1) is 12.2. The zero-order valence-electron chi connectivity index (χ0n) is 15.4. The Kier molecular flexibility index (Phi) is 5.82. The number of ether oxygens (including phenoxy) is 3. The van der Waals surface area contributed by atoms with Crippen molar-refractivity contribution in [2.45, 2.75) is 25.8 Å². The van der Waals surface area contributed by atoms with Crippen LogP contribution in [0.1, 0.15) is 23.1 Å². The van der Waals surface area contributed by atoms with Crippen LogP contribution in [0.25, 0.3) is 0 Å². The van der Waals surface area contributed by atoms with Crippen molar-refractivity contribution in [3.63, 3.8) is 0 Å². The molecule has 4 heteroatoms. The molecule has 1 aliphatic heterocycles. The van der Waals surface area contributed by atoms with Gasteiger partial charge < -0.3 is 14.2 Å². The fourth-order valence-corrected chi connectivity index (χ4v) is 3.53. The van der Waals surface area contributed by atoms with Crippen LogP contribution in [0.15, 0.2) is 36.4 Å². The van der Waals surface area contributed by atoms with Gasteiger partial charge in [-0.05, 0) is 55.1 Å². The lowest BCUT2D eigenvalue weighted by Crippen LogP contribution is -2.31. The first kappa shape index (κ1) is 17.6. The van der Waals surface area contributed by atoms with E-state index in [2.05, 4.69) is 23.1 Å². The van der Waals surface area contributed by atoms with Crippen LogP contribution in [0.2, 0.25) is 0 Å². The summed E-state index contributed by atoms with van der Waals surface area (Å²) in [4.78, 5) is 2.53. The first-order valence-corrected chi connectivity index (χ1v) is 8.83. The zero-order valence-corrected chi connectivity index (χ0v) is 15.4. The Labute approximate surface area is 150 Å². The summed E-state index contributed by atoms with van der Waals surface area (Å²) in [6, 6.07) is 12.6. The van der Waals surface area contributed by atoms with Crippen molar-refractivity contribution in [1.29, 1.82) is 0 Å². The number of rotatable bonds is 7. The van der Waals surface area contributed by atoms with Crippen molar-refractivity contribution in [2.24, 2.45) is 0 Å². The first-order valence-electron chi connectivity index (χ1n) is 8.83. The van der Waals surface area contributed by atoms with Crippen molar-refractivity contribution in [3.8, 4) is 17.2 Å². The smallest absolute Gasteiger partial charge is 0.164 e. The van der Waals surface area contributed by atoms with Crippen LogP contribution in [-0.4, -0.2) is 39.3 Å². The van der Waals surface area contributed by atoms with Crippen LogP contribution in [-0.2, 0) is 19.4 Å². The summed E-state index contributed by atoms with van der Waals surface area (Å²) >= 11 is 0. The molecule has 4 nitrogen and oxygen atoms in total. The molecule has 0 atom stereocenters. The molecule has 2 aromatic carbocycles.